The van der Waals surface area contributed by atoms with Crippen molar-refractivity contribution in [2.75, 3.05) is 6.61 Å². The molecule has 2 aromatic rings. The Hall–Kier alpha value is -1.39. The van der Waals surface area contributed by atoms with Crippen LogP contribution in [-0.2, 0) is 6.54 Å². The molecule has 2 heterocycles. The average Bonchev–Trinajstić information content (AvgIpc) is 3.04. The lowest BCUT2D eigenvalue weighted by Gasteiger charge is -2.28. The van der Waals surface area contributed by atoms with Crippen LogP contribution in [0, 0.1) is 0 Å². The van der Waals surface area contributed by atoms with E-state index in [1.165, 1.54) is 18.4 Å². The summed E-state index contributed by atoms with van der Waals surface area (Å²) in [5.41, 5.74) is 2.09. The number of fused-ring (bicyclic) bond motifs is 1. The maximum Gasteiger partial charge on any atom is 0.137 e. The van der Waals surface area contributed by atoms with Gasteiger partial charge in [-0.1, -0.05) is 12.8 Å². The van der Waals surface area contributed by atoms with E-state index < -0.39 is 0 Å². The Labute approximate surface area is 106 Å². The SMILES string of the molecule is OCC1(NCc2c[nH]c3ncccc23)CCCC1. The van der Waals surface area contributed by atoms with Crippen LogP contribution in [0.25, 0.3) is 11.0 Å². The van der Waals surface area contributed by atoms with E-state index in [9.17, 15) is 5.11 Å². The highest BCUT2D eigenvalue weighted by molar-refractivity contribution is 5.79. The number of nitrogens with one attached hydrogen (secondary N) is 2. The van der Waals surface area contributed by atoms with Gasteiger partial charge in [0, 0.05) is 29.9 Å². The van der Waals surface area contributed by atoms with Crippen LogP contribution in [-0.4, -0.2) is 27.2 Å². The van der Waals surface area contributed by atoms with Crippen molar-refractivity contribution in [3.8, 4) is 0 Å². The summed E-state index contributed by atoms with van der Waals surface area (Å²) in [6, 6.07) is 4.03. The number of aliphatic hydroxyl groups excluding tert-OH is 1. The first kappa shape index (κ1) is 11.7. The molecule has 2 aromatic heterocycles. The molecule has 18 heavy (non-hydrogen) atoms. The molecular weight excluding hydrogens is 226 g/mol. The number of H-pyrrole nitrogens is 1. The van der Waals surface area contributed by atoms with Crippen molar-refractivity contribution in [3.63, 3.8) is 0 Å². The molecule has 3 rings (SSSR count). The van der Waals surface area contributed by atoms with Gasteiger partial charge >= 0.3 is 0 Å². The van der Waals surface area contributed by atoms with Gasteiger partial charge in [0.2, 0.25) is 0 Å². The van der Waals surface area contributed by atoms with Crippen LogP contribution >= 0.6 is 0 Å². The minimum absolute atomic E-state index is 0.0637. The van der Waals surface area contributed by atoms with Crippen LogP contribution in [0.15, 0.2) is 24.5 Å². The van der Waals surface area contributed by atoms with E-state index >= 15 is 0 Å². The zero-order chi connectivity index (χ0) is 12.4. The Bertz CT molecular complexity index is 529. The van der Waals surface area contributed by atoms with Crippen molar-refractivity contribution in [2.24, 2.45) is 0 Å². The molecule has 1 aliphatic carbocycles. The first-order chi connectivity index (χ1) is 8.83. The first-order valence-electron chi connectivity index (χ1n) is 6.60. The second-order valence-corrected chi connectivity index (χ2v) is 5.21. The zero-order valence-corrected chi connectivity index (χ0v) is 10.4. The minimum Gasteiger partial charge on any atom is -0.394 e. The number of aromatic nitrogens is 2. The molecule has 1 saturated carbocycles. The lowest BCUT2D eigenvalue weighted by Crippen LogP contribution is -2.45. The van der Waals surface area contributed by atoms with Gasteiger partial charge in [0.25, 0.3) is 0 Å². The second-order valence-electron chi connectivity index (χ2n) is 5.21. The van der Waals surface area contributed by atoms with Crippen LogP contribution in [0.5, 0.6) is 0 Å². The quantitative estimate of drug-likeness (QED) is 0.771. The molecule has 96 valence electrons. The van der Waals surface area contributed by atoms with Crippen molar-refractivity contribution in [2.45, 2.75) is 37.8 Å². The summed E-state index contributed by atoms with van der Waals surface area (Å²) in [4.78, 5) is 7.47. The van der Waals surface area contributed by atoms with Crippen molar-refractivity contribution in [1.82, 2.24) is 15.3 Å². The predicted molar refractivity (Wildman–Crippen MR) is 71.2 cm³/mol. The van der Waals surface area contributed by atoms with Gasteiger partial charge in [0.15, 0.2) is 0 Å². The largest absolute Gasteiger partial charge is 0.394 e. The van der Waals surface area contributed by atoms with Crippen molar-refractivity contribution >= 4 is 11.0 Å². The molecule has 0 atom stereocenters. The highest BCUT2D eigenvalue weighted by Gasteiger charge is 2.32. The molecule has 1 fully saturated rings. The Balaban J connectivity index is 1.76. The third-order valence-corrected chi connectivity index (χ3v) is 4.05. The lowest BCUT2D eigenvalue weighted by atomic mass is 9.98. The average molecular weight is 245 g/mol. The fraction of sp³-hybridized carbons (Fsp3) is 0.500. The van der Waals surface area contributed by atoms with E-state index in [0.717, 1.165) is 30.4 Å². The van der Waals surface area contributed by atoms with Crippen molar-refractivity contribution < 1.29 is 5.11 Å². The Kier molecular flexibility index (Phi) is 3.06. The highest BCUT2D eigenvalue weighted by atomic mass is 16.3. The van der Waals surface area contributed by atoms with E-state index in [1.54, 1.807) is 6.20 Å². The summed E-state index contributed by atoms with van der Waals surface area (Å²) in [5, 5.41) is 14.3. The normalized spacial score (nSPS) is 18.5. The van der Waals surface area contributed by atoms with Crippen LogP contribution < -0.4 is 5.32 Å². The number of aliphatic hydroxyl groups is 1. The lowest BCUT2D eigenvalue weighted by molar-refractivity contribution is 0.163. The highest BCUT2D eigenvalue weighted by Crippen LogP contribution is 2.29. The third kappa shape index (κ3) is 2.02. The monoisotopic (exact) mass is 245 g/mol. The van der Waals surface area contributed by atoms with E-state index in [-0.39, 0.29) is 12.1 Å². The fourth-order valence-electron chi connectivity index (χ4n) is 2.88. The van der Waals surface area contributed by atoms with Gasteiger partial charge in [-0.3, -0.25) is 0 Å². The maximum absolute atomic E-state index is 9.58. The standard InChI is InChI=1S/C14H19N3O/c18-10-14(5-1-2-6-14)17-9-11-8-16-13-12(11)4-3-7-15-13/h3-4,7-8,17-18H,1-2,5-6,9-10H2,(H,15,16). The summed E-state index contributed by atoms with van der Waals surface area (Å²) in [6.07, 6.45) is 8.37. The van der Waals surface area contributed by atoms with Gasteiger partial charge in [0.05, 0.1) is 6.61 Å². The van der Waals surface area contributed by atoms with E-state index in [4.69, 9.17) is 0 Å². The number of pyridine rings is 1. The molecule has 1 aliphatic rings. The molecule has 4 nitrogen and oxygen atoms in total. The Morgan fingerprint density at radius 3 is 3.00 bits per heavy atom. The van der Waals surface area contributed by atoms with E-state index in [0.29, 0.717) is 0 Å². The predicted octanol–water partition coefficient (Wildman–Crippen LogP) is 1.96. The molecule has 0 unspecified atom stereocenters. The topological polar surface area (TPSA) is 60.9 Å². The van der Waals surface area contributed by atoms with Gasteiger partial charge in [-0.2, -0.15) is 0 Å². The number of hydrogen-bond acceptors (Lipinski definition) is 3. The summed E-state index contributed by atoms with van der Waals surface area (Å²) in [7, 11) is 0. The molecule has 0 aliphatic heterocycles. The van der Waals surface area contributed by atoms with Crippen LogP contribution in [0.2, 0.25) is 0 Å². The van der Waals surface area contributed by atoms with Gasteiger partial charge in [0.1, 0.15) is 5.65 Å². The Morgan fingerprint density at radius 2 is 2.22 bits per heavy atom. The second kappa shape index (κ2) is 4.71. The number of rotatable bonds is 4. The summed E-state index contributed by atoms with van der Waals surface area (Å²) < 4.78 is 0. The van der Waals surface area contributed by atoms with Crippen molar-refractivity contribution in [1.29, 1.82) is 0 Å². The van der Waals surface area contributed by atoms with Gasteiger partial charge in [-0.25, -0.2) is 4.98 Å². The molecule has 0 saturated heterocycles. The summed E-state index contributed by atoms with van der Waals surface area (Å²) in [6.45, 7) is 1.01. The van der Waals surface area contributed by atoms with Crippen LogP contribution in [0.1, 0.15) is 31.2 Å². The molecule has 0 aromatic carbocycles. The van der Waals surface area contributed by atoms with Crippen LogP contribution in [0.4, 0.5) is 0 Å². The summed E-state index contributed by atoms with van der Waals surface area (Å²) >= 11 is 0. The minimum atomic E-state index is -0.0637. The Morgan fingerprint density at radius 1 is 1.39 bits per heavy atom. The number of aromatic amines is 1. The van der Waals surface area contributed by atoms with Crippen molar-refractivity contribution in [3.05, 3.63) is 30.1 Å². The van der Waals surface area contributed by atoms with E-state index in [2.05, 4.69) is 21.4 Å². The van der Waals surface area contributed by atoms with Gasteiger partial charge < -0.3 is 15.4 Å². The molecular formula is C14H19N3O. The number of hydrogen-bond donors (Lipinski definition) is 3. The molecule has 3 N–H and O–H groups in total. The first-order valence-corrected chi connectivity index (χ1v) is 6.60. The zero-order valence-electron chi connectivity index (χ0n) is 10.4. The maximum atomic E-state index is 9.58. The summed E-state index contributed by atoms with van der Waals surface area (Å²) in [5.74, 6) is 0. The van der Waals surface area contributed by atoms with E-state index in [1.807, 2.05) is 12.3 Å². The molecule has 0 spiro atoms. The van der Waals surface area contributed by atoms with Crippen LogP contribution in [0.3, 0.4) is 0 Å². The smallest absolute Gasteiger partial charge is 0.137 e. The molecule has 0 amide bonds. The molecule has 4 heteroatoms. The molecule has 0 bridgehead atoms. The number of nitrogens with zero attached hydrogens (tertiary/aromatic N) is 1. The fourth-order valence-corrected chi connectivity index (χ4v) is 2.88. The third-order valence-electron chi connectivity index (χ3n) is 4.05. The van der Waals surface area contributed by atoms with Gasteiger partial charge in [-0.05, 0) is 30.5 Å². The molecule has 0 radical (unpaired) electrons. The van der Waals surface area contributed by atoms with Gasteiger partial charge in [-0.15, -0.1) is 0 Å².